The summed E-state index contributed by atoms with van der Waals surface area (Å²) >= 11 is 0. The molecule has 6 heteroatoms. The van der Waals surface area contributed by atoms with E-state index in [0.29, 0.717) is 0 Å². The molecule has 0 saturated carbocycles. The third kappa shape index (κ3) is 2.05. The molecule has 3 N–H and O–H groups in total. The largest absolute Gasteiger partial charge is 0.394 e. The minimum absolute atomic E-state index is 0.303. The molecule has 1 fully saturated rings. The van der Waals surface area contributed by atoms with Gasteiger partial charge in [-0.25, -0.2) is 0 Å². The molecule has 0 aromatic heterocycles. The van der Waals surface area contributed by atoms with E-state index in [0.717, 1.165) is 0 Å². The second kappa shape index (κ2) is 5.01. The molecule has 0 spiro atoms. The molecule has 0 unspecified atom stereocenters. The molecular weight excluding hydrogens is 192 g/mol. The molecule has 1 rings (SSSR count). The molecule has 5 atom stereocenters. The number of aliphatic hydroxyl groups is 3. The van der Waals surface area contributed by atoms with Crippen LogP contribution in [0.3, 0.4) is 0 Å². The zero-order valence-corrected chi connectivity index (χ0v) is 8.16. The summed E-state index contributed by atoms with van der Waals surface area (Å²) in [5.74, 6) is 0. The summed E-state index contributed by atoms with van der Waals surface area (Å²) in [6.07, 6.45) is -4.68. The van der Waals surface area contributed by atoms with Crippen molar-refractivity contribution in [1.29, 1.82) is 0 Å². The second-order valence-corrected chi connectivity index (χ2v) is 3.14. The maximum atomic E-state index is 9.59. The number of aliphatic hydroxyl groups excluding tert-OH is 3. The van der Waals surface area contributed by atoms with Gasteiger partial charge in [0, 0.05) is 14.2 Å². The summed E-state index contributed by atoms with van der Waals surface area (Å²) in [6.45, 7) is -0.303. The monoisotopic (exact) mass is 208 g/mol. The molecule has 1 aliphatic heterocycles. The van der Waals surface area contributed by atoms with E-state index in [1.54, 1.807) is 0 Å². The van der Waals surface area contributed by atoms with E-state index in [1.165, 1.54) is 14.2 Å². The SMILES string of the molecule is CO[C@H]1O[C@@H](CO)[C@H](OC)[C@@H](O)[C@H]1O. The van der Waals surface area contributed by atoms with Gasteiger partial charge in [0.2, 0.25) is 0 Å². The first-order valence-corrected chi connectivity index (χ1v) is 4.33. The molecule has 1 aliphatic rings. The first kappa shape index (κ1) is 11.8. The Bertz CT molecular complexity index is 173. The average Bonchev–Trinajstić information content (AvgIpc) is 2.21. The molecule has 0 aliphatic carbocycles. The van der Waals surface area contributed by atoms with E-state index in [9.17, 15) is 10.2 Å². The zero-order chi connectivity index (χ0) is 10.7. The molecule has 0 amide bonds. The Balaban J connectivity index is 2.71. The Morgan fingerprint density at radius 1 is 1.14 bits per heavy atom. The van der Waals surface area contributed by atoms with Gasteiger partial charge >= 0.3 is 0 Å². The van der Waals surface area contributed by atoms with Crippen molar-refractivity contribution in [2.24, 2.45) is 0 Å². The molecule has 6 nitrogen and oxygen atoms in total. The van der Waals surface area contributed by atoms with Crippen LogP contribution in [0.1, 0.15) is 0 Å². The third-order valence-corrected chi connectivity index (χ3v) is 2.33. The summed E-state index contributed by atoms with van der Waals surface area (Å²) in [4.78, 5) is 0. The summed E-state index contributed by atoms with van der Waals surface area (Å²) in [6, 6.07) is 0. The fourth-order valence-corrected chi connectivity index (χ4v) is 1.54. The Kier molecular flexibility index (Phi) is 4.24. The van der Waals surface area contributed by atoms with Gasteiger partial charge in [-0.2, -0.15) is 0 Å². The summed E-state index contributed by atoms with van der Waals surface area (Å²) in [5.41, 5.74) is 0. The van der Waals surface area contributed by atoms with Crippen molar-refractivity contribution in [2.75, 3.05) is 20.8 Å². The highest BCUT2D eigenvalue weighted by Crippen LogP contribution is 2.23. The Hall–Kier alpha value is -0.240. The lowest BCUT2D eigenvalue weighted by Gasteiger charge is -2.40. The van der Waals surface area contributed by atoms with Gasteiger partial charge in [0.15, 0.2) is 6.29 Å². The standard InChI is InChI=1S/C8H16O6/c1-12-7-4(3-9)14-8(13-2)6(11)5(7)10/h4-11H,3H2,1-2H3/t4-,5-,6+,7-,8-/m0/s1. The van der Waals surface area contributed by atoms with Crippen molar-refractivity contribution in [2.45, 2.75) is 30.7 Å². The highest BCUT2D eigenvalue weighted by molar-refractivity contribution is 4.89. The van der Waals surface area contributed by atoms with Gasteiger partial charge in [-0.15, -0.1) is 0 Å². The van der Waals surface area contributed by atoms with Crippen LogP contribution in [-0.2, 0) is 14.2 Å². The third-order valence-electron chi connectivity index (χ3n) is 2.33. The molecule has 1 heterocycles. The van der Waals surface area contributed by atoms with Gasteiger partial charge in [-0.3, -0.25) is 0 Å². The quantitative estimate of drug-likeness (QED) is 0.501. The number of hydrogen-bond donors (Lipinski definition) is 3. The molecule has 0 aromatic rings. The molecule has 0 radical (unpaired) electrons. The van der Waals surface area contributed by atoms with Crippen LogP contribution < -0.4 is 0 Å². The Morgan fingerprint density at radius 2 is 1.79 bits per heavy atom. The summed E-state index contributed by atoms with van der Waals surface area (Å²) in [5, 5.41) is 28.0. The fraction of sp³-hybridized carbons (Fsp3) is 1.00. The van der Waals surface area contributed by atoms with Crippen molar-refractivity contribution in [1.82, 2.24) is 0 Å². The molecular formula is C8H16O6. The van der Waals surface area contributed by atoms with E-state index >= 15 is 0 Å². The minimum Gasteiger partial charge on any atom is -0.394 e. The molecule has 0 aromatic carbocycles. The fourth-order valence-electron chi connectivity index (χ4n) is 1.54. The van der Waals surface area contributed by atoms with Crippen LogP contribution in [0.4, 0.5) is 0 Å². The van der Waals surface area contributed by atoms with Crippen LogP contribution in [0.15, 0.2) is 0 Å². The number of methoxy groups -OCH3 is 2. The van der Waals surface area contributed by atoms with Crippen molar-refractivity contribution in [3.63, 3.8) is 0 Å². The number of ether oxygens (including phenoxy) is 3. The predicted molar refractivity (Wildman–Crippen MR) is 45.6 cm³/mol. The van der Waals surface area contributed by atoms with Gasteiger partial charge in [0.25, 0.3) is 0 Å². The van der Waals surface area contributed by atoms with Crippen LogP contribution in [-0.4, -0.2) is 66.9 Å². The number of rotatable bonds is 3. The lowest BCUT2D eigenvalue weighted by atomic mass is 9.99. The lowest BCUT2D eigenvalue weighted by molar-refractivity contribution is -0.298. The van der Waals surface area contributed by atoms with E-state index < -0.39 is 30.7 Å². The molecule has 1 saturated heterocycles. The highest BCUT2D eigenvalue weighted by atomic mass is 16.7. The van der Waals surface area contributed by atoms with Gasteiger partial charge in [0.05, 0.1) is 6.61 Å². The van der Waals surface area contributed by atoms with Crippen LogP contribution in [0.25, 0.3) is 0 Å². The number of hydrogen-bond acceptors (Lipinski definition) is 6. The molecule has 14 heavy (non-hydrogen) atoms. The van der Waals surface area contributed by atoms with E-state index in [-0.39, 0.29) is 6.61 Å². The topological polar surface area (TPSA) is 88.4 Å². The zero-order valence-electron chi connectivity index (χ0n) is 8.16. The van der Waals surface area contributed by atoms with E-state index in [4.69, 9.17) is 19.3 Å². The first-order chi connectivity index (χ1) is 6.65. The van der Waals surface area contributed by atoms with Crippen LogP contribution in [0, 0.1) is 0 Å². The molecule has 84 valence electrons. The van der Waals surface area contributed by atoms with E-state index in [1.807, 2.05) is 0 Å². The average molecular weight is 208 g/mol. The maximum absolute atomic E-state index is 9.59. The van der Waals surface area contributed by atoms with Gasteiger partial charge in [0.1, 0.15) is 24.4 Å². The highest BCUT2D eigenvalue weighted by Gasteiger charge is 2.44. The van der Waals surface area contributed by atoms with Crippen molar-refractivity contribution < 1.29 is 29.5 Å². The smallest absolute Gasteiger partial charge is 0.186 e. The Labute approximate surface area is 82.0 Å². The lowest BCUT2D eigenvalue weighted by Crippen LogP contribution is -2.59. The van der Waals surface area contributed by atoms with E-state index in [2.05, 4.69) is 0 Å². The minimum atomic E-state index is -1.17. The van der Waals surface area contributed by atoms with Gasteiger partial charge in [-0.1, -0.05) is 0 Å². The van der Waals surface area contributed by atoms with Gasteiger partial charge in [-0.05, 0) is 0 Å². The van der Waals surface area contributed by atoms with Crippen molar-refractivity contribution in [3.8, 4) is 0 Å². The Morgan fingerprint density at radius 3 is 2.21 bits per heavy atom. The predicted octanol–water partition coefficient (Wildman–Crippen LogP) is -1.91. The first-order valence-electron chi connectivity index (χ1n) is 4.33. The van der Waals surface area contributed by atoms with Crippen LogP contribution >= 0.6 is 0 Å². The van der Waals surface area contributed by atoms with Crippen molar-refractivity contribution >= 4 is 0 Å². The normalized spacial score (nSPS) is 43.9. The van der Waals surface area contributed by atoms with Crippen molar-refractivity contribution in [3.05, 3.63) is 0 Å². The summed E-state index contributed by atoms with van der Waals surface area (Å²) < 4.78 is 14.9. The molecule has 0 bridgehead atoms. The van der Waals surface area contributed by atoms with Crippen LogP contribution in [0.2, 0.25) is 0 Å². The maximum Gasteiger partial charge on any atom is 0.186 e. The van der Waals surface area contributed by atoms with Gasteiger partial charge < -0.3 is 29.5 Å². The summed E-state index contributed by atoms with van der Waals surface area (Å²) in [7, 11) is 2.72. The second-order valence-electron chi connectivity index (χ2n) is 3.14. The van der Waals surface area contributed by atoms with Crippen LogP contribution in [0.5, 0.6) is 0 Å².